The Labute approximate surface area is 110 Å². The van der Waals surface area contributed by atoms with E-state index in [-0.39, 0.29) is 0 Å². The molecular weight excluding hydrogens is 222 g/mol. The normalized spacial score (nSPS) is 16.9. The molecule has 1 aliphatic rings. The Morgan fingerprint density at radius 3 is 2.11 bits per heavy atom. The largest absolute Gasteiger partial charge is 0.490 e. The number of hydrogen-bond acceptors (Lipinski definition) is 2. The highest BCUT2D eigenvalue weighted by molar-refractivity contribution is 5.47. The maximum Gasteiger partial charge on any atom is 0.125 e. The molecule has 0 radical (unpaired) electrons. The summed E-state index contributed by atoms with van der Waals surface area (Å²) in [4.78, 5) is 0. The van der Waals surface area contributed by atoms with Crippen LogP contribution in [0.2, 0.25) is 0 Å². The van der Waals surface area contributed by atoms with Crippen LogP contribution in [0.3, 0.4) is 0 Å². The van der Waals surface area contributed by atoms with Crippen LogP contribution in [0.1, 0.15) is 55.2 Å². The zero-order chi connectivity index (χ0) is 13.0. The summed E-state index contributed by atoms with van der Waals surface area (Å²) in [6.45, 7) is 4.06. The van der Waals surface area contributed by atoms with E-state index in [1.54, 1.807) is 0 Å². The Bertz CT molecular complexity index is 428. The van der Waals surface area contributed by atoms with Crippen LogP contribution in [-0.4, -0.2) is 6.10 Å². The lowest BCUT2D eigenvalue weighted by Gasteiger charge is -2.20. The van der Waals surface area contributed by atoms with Crippen molar-refractivity contribution in [1.29, 1.82) is 5.26 Å². The lowest BCUT2D eigenvalue weighted by Crippen LogP contribution is -2.16. The lowest BCUT2D eigenvalue weighted by molar-refractivity contribution is 0.181. The fourth-order valence-corrected chi connectivity index (χ4v) is 2.73. The second-order valence-electron chi connectivity index (χ2n) is 5.28. The summed E-state index contributed by atoms with van der Waals surface area (Å²) in [5.41, 5.74) is 2.88. The van der Waals surface area contributed by atoms with Gasteiger partial charge in [-0.15, -0.1) is 0 Å². The van der Waals surface area contributed by atoms with Gasteiger partial charge in [-0.05, 0) is 62.8 Å². The molecule has 0 heterocycles. The van der Waals surface area contributed by atoms with E-state index in [4.69, 9.17) is 10.00 Å². The summed E-state index contributed by atoms with van der Waals surface area (Å²) in [6.07, 6.45) is 7.92. The van der Waals surface area contributed by atoms with Crippen molar-refractivity contribution in [2.45, 2.75) is 58.5 Å². The first kappa shape index (κ1) is 13.0. The minimum Gasteiger partial charge on any atom is -0.490 e. The molecule has 96 valence electrons. The highest BCUT2D eigenvalue weighted by atomic mass is 16.5. The Balaban J connectivity index is 2.15. The van der Waals surface area contributed by atoms with Crippen molar-refractivity contribution in [1.82, 2.24) is 0 Å². The van der Waals surface area contributed by atoms with Gasteiger partial charge < -0.3 is 4.74 Å². The van der Waals surface area contributed by atoms with Gasteiger partial charge in [0.1, 0.15) is 5.75 Å². The number of nitrogens with zero attached hydrogens (tertiary/aromatic N) is 1. The molecule has 0 aliphatic heterocycles. The third-order valence-electron chi connectivity index (χ3n) is 3.68. The zero-order valence-electron chi connectivity index (χ0n) is 11.3. The van der Waals surface area contributed by atoms with E-state index >= 15 is 0 Å². The van der Waals surface area contributed by atoms with Crippen molar-refractivity contribution >= 4 is 0 Å². The number of rotatable bonds is 2. The number of nitriles is 1. The predicted molar refractivity (Wildman–Crippen MR) is 72.7 cm³/mol. The van der Waals surface area contributed by atoms with Crippen LogP contribution in [0.25, 0.3) is 0 Å². The Hall–Kier alpha value is -1.49. The highest BCUT2D eigenvalue weighted by Gasteiger charge is 2.16. The topological polar surface area (TPSA) is 33.0 Å². The average molecular weight is 243 g/mol. The van der Waals surface area contributed by atoms with E-state index in [0.29, 0.717) is 6.10 Å². The first-order valence-corrected chi connectivity index (χ1v) is 6.88. The van der Waals surface area contributed by atoms with Gasteiger partial charge in [0.2, 0.25) is 0 Å². The SMILES string of the molecule is Cc1cc(C#N)cc(C)c1OC1CCCCCC1. The second kappa shape index (κ2) is 5.91. The molecule has 2 heteroatoms. The lowest BCUT2D eigenvalue weighted by atomic mass is 10.1. The van der Waals surface area contributed by atoms with Crippen LogP contribution in [-0.2, 0) is 0 Å². The molecule has 0 amide bonds. The summed E-state index contributed by atoms with van der Waals surface area (Å²) in [5, 5.41) is 8.95. The zero-order valence-corrected chi connectivity index (χ0v) is 11.3. The number of hydrogen-bond donors (Lipinski definition) is 0. The van der Waals surface area contributed by atoms with Gasteiger partial charge in [-0.1, -0.05) is 12.8 Å². The van der Waals surface area contributed by atoms with Crippen LogP contribution < -0.4 is 4.74 Å². The molecule has 0 atom stereocenters. The number of ether oxygens (including phenoxy) is 1. The number of aryl methyl sites for hydroxylation is 2. The fraction of sp³-hybridized carbons (Fsp3) is 0.562. The molecule has 0 aromatic heterocycles. The predicted octanol–water partition coefficient (Wildman–Crippen LogP) is 4.28. The molecule has 1 aromatic rings. The Kier molecular flexibility index (Phi) is 4.25. The minimum atomic E-state index is 0.359. The maximum absolute atomic E-state index is 8.95. The summed E-state index contributed by atoms with van der Waals surface area (Å²) in [7, 11) is 0. The molecule has 0 N–H and O–H groups in total. The molecule has 18 heavy (non-hydrogen) atoms. The molecule has 0 bridgehead atoms. The summed E-state index contributed by atoms with van der Waals surface area (Å²) >= 11 is 0. The minimum absolute atomic E-state index is 0.359. The molecule has 2 rings (SSSR count). The summed E-state index contributed by atoms with van der Waals surface area (Å²) in [5.74, 6) is 0.987. The molecule has 2 nitrogen and oxygen atoms in total. The van der Waals surface area contributed by atoms with Crippen molar-refractivity contribution < 1.29 is 4.74 Å². The molecule has 1 fully saturated rings. The van der Waals surface area contributed by atoms with Gasteiger partial charge in [0.25, 0.3) is 0 Å². The molecule has 0 unspecified atom stereocenters. The summed E-state index contributed by atoms with van der Waals surface area (Å²) in [6, 6.07) is 6.03. The third kappa shape index (κ3) is 3.04. The van der Waals surface area contributed by atoms with Gasteiger partial charge in [-0.3, -0.25) is 0 Å². The van der Waals surface area contributed by atoms with E-state index < -0.39 is 0 Å². The average Bonchev–Trinajstić information content (AvgIpc) is 2.62. The third-order valence-corrected chi connectivity index (χ3v) is 3.68. The van der Waals surface area contributed by atoms with E-state index in [1.165, 1.54) is 38.5 Å². The van der Waals surface area contributed by atoms with Crippen molar-refractivity contribution in [2.24, 2.45) is 0 Å². The van der Waals surface area contributed by atoms with Crippen molar-refractivity contribution in [3.05, 3.63) is 28.8 Å². The number of benzene rings is 1. The van der Waals surface area contributed by atoms with E-state index in [1.807, 2.05) is 26.0 Å². The van der Waals surface area contributed by atoms with Crippen molar-refractivity contribution in [2.75, 3.05) is 0 Å². The van der Waals surface area contributed by atoms with Crippen LogP contribution >= 0.6 is 0 Å². The first-order valence-electron chi connectivity index (χ1n) is 6.88. The van der Waals surface area contributed by atoms with E-state index in [9.17, 15) is 0 Å². The first-order chi connectivity index (χ1) is 8.70. The molecule has 1 saturated carbocycles. The fourth-order valence-electron chi connectivity index (χ4n) is 2.73. The van der Waals surface area contributed by atoms with Crippen molar-refractivity contribution in [3.8, 4) is 11.8 Å². The Morgan fingerprint density at radius 2 is 1.61 bits per heavy atom. The van der Waals surface area contributed by atoms with Crippen LogP contribution in [0, 0.1) is 25.2 Å². The maximum atomic E-state index is 8.95. The summed E-state index contributed by atoms with van der Waals surface area (Å²) < 4.78 is 6.19. The van der Waals surface area contributed by atoms with E-state index in [0.717, 1.165) is 22.4 Å². The van der Waals surface area contributed by atoms with E-state index in [2.05, 4.69) is 6.07 Å². The van der Waals surface area contributed by atoms with Crippen LogP contribution in [0.15, 0.2) is 12.1 Å². The quantitative estimate of drug-likeness (QED) is 0.726. The second-order valence-corrected chi connectivity index (χ2v) is 5.28. The van der Waals surface area contributed by atoms with Crippen LogP contribution in [0.5, 0.6) is 5.75 Å². The van der Waals surface area contributed by atoms with Gasteiger partial charge in [0.15, 0.2) is 0 Å². The molecule has 0 saturated heterocycles. The Morgan fingerprint density at radius 1 is 1.06 bits per heavy atom. The van der Waals surface area contributed by atoms with Crippen molar-refractivity contribution in [3.63, 3.8) is 0 Å². The van der Waals surface area contributed by atoms with Gasteiger partial charge in [0, 0.05) is 0 Å². The van der Waals surface area contributed by atoms with Gasteiger partial charge in [-0.25, -0.2) is 0 Å². The van der Waals surface area contributed by atoms with Gasteiger partial charge in [0.05, 0.1) is 17.7 Å². The standard InChI is InChI=1S/C16H21NO/c1-12-9-14(11-17)10-13(2)16(12)18-15-7-5-3-4-6-8-15/h9-10,15H,3-8H2,1-2H3. The monoisotopic (exact) mass is 243 g/mol. The van der Waals surface area contributed by atoms with Crippen LogP contribution in [0.4, 0.5) is 0 Å². The smallest absolute Gasteiger partial charge is 0.125 e. The molecular formula is C16H21NO. The molecule has 0 spiro atoms. The highest BCUT2D eigenvalue weighted by Crippen LogP contribution is 2.29. The molecule has 1 aromatic carbocycles. The van der Waals surface area contributed by atoms with Gasteiger partial charge >= 0.3 is 0 Å². The molecule has 1 aliphatic carbocycles. The van der Waals surface area contributed by atoms with Gasteiger partial charge in [-0.2, -0.15) is 5.26 Å².